The number of carbonyl (C=O) groups is 1. The molecule has 4 nitrogen and oxygen atoms in total. The van der Waals surface area contributed by atoms with Gasteiger partial charge in [-0.1, -0.05) is 50.5 Å². The van der Waals surface area contributed by atoms with E-state index in [0.29, 0.717) is 17.9 Å². The van der Waals surface area contributed by atoms with Crippen LogP contribution in [-0.4, -0.2) is 18.7 Å². The summed E-state index contributed by atoms with van der Waals surface area (Å²) in [4.78, 5) is 12.5. The summed E-state index contributed by atoms with van der Waals surface area (Å²) in [6.07, 6.45) is 6.32. The van der Waals surface area contributed by atoms with E-state index in [1.54, 1.807) is 36.4 Å². The molecule has 0 amide bonds. The van der Waals surface area contributed by atoms with Crippen molar-refractivity contribution in [1.29, 1.82) is 0 Å². The van der Waals surface area contributed by atoms with Crippen molar-refractivity contribution >= 4 is 5.97 Å². The van der Waals surface area contributed by atoms with Crippen molar-refractivity contribution in [3.63, 3.8) is 0 Å². The van der Waals surface area contributed by atoms with Crippen LogP contribution in [-0.2, 0) is 0 Å². The number of benzene rings is 3. The highest BCUT2D eigenvalue weighted by Crippen LogP contribution is 2.25. The molecule has 0 unspecified atom stereocenters. The van der Waals surface area contributed by atoms with Gasteiger partial charge >= 0.3 is 5.97 Å². The fraction of sp³-hybridized carbons (Fsp3) is 0.345. The van der Waals surface area contributed by atoms with Gasteiger partial charge < -0.3 is 14.2 Å². The third kappa shape index (κ3) is 7.67. The normalized spacial score (nSPS) is 11.6. The summed E-state index contributed by atoms with van der Waals surface area (Å²) in [6, 6.07) is 22.6. The molecule has 0 saturated heterocycles. The number of hydrogen-bond donors (Lipinski definition) is 0. The molecule has 0 aliphatic carbocycles. The molecular formula is C29H34O4. The second-order valence-corrected chi connectivity index (χ2v) is 8.17. The second kappa shape index (κ2) is 12.7. The highest BCUT2D eigenvalue weighted by Gasteiger charge is 2.10. The van der Waals surface area contributed by atoms with E-state index >= 15 is 0 Å². The quantitative estimate of drug-likeness (QED) is 0.162. The second-order valence-electron chi connectivity index (χ2n) is 8.17. The first kappa shape index (κ1) is 24.4. The summed E-state index contributed by atoms with van der Waals surface area (Å²) < 4.78 is 16.9. The zero-order valence-electron chi connectivity index (χ0n) is 19.9. The van der Waals surface area contributed by atoms with Gasteiger partial charge in [-0.05, 0) is 86.3 Å². The minimum atomic E-state index is -0.387. The first-order valence-corrected chi connectivity index (χ1v) is 11.9. The molecule has 0 N–H and O–H groups in total. The number of rotatable bonds is 12. The summed E-state index contributed by atoms with van der Waals surface area (Å²) in [5, 5.41) is 0. The van der Waals surface area contributed by atoms with E-state index < -0.39 is 0 Å². The van der Waals surface area contributed by atoms with Crippen LogP contribution >= 0.6 is 0 Å². The van der Waals surface area contributed by atoms with Crippen LogP contribution in [0.2, 0.25) is 0 Å². The maximum Gasteiger partial charge on any atom is 0.343 e. The number of carbonyl (C=O) groups excluding carboxylic acids is 1. The monoisotopic (exact) mass is 446 g/mol. The molecule has 0 radical (unpaired) electrons. The SMILES string of the molecule is CCCCCC[C@@H](C)Oc1ccc(-c2ccc(C(=O)Oc3ccc(OCC)cc3)cc2)cc1. The lowest BCUT2D eigenvalue weighted by molar-refractivity contribution is 0.0734. The first-order chi connectivity index (χ1) is 16.1. The Labute approximate surface area is 197 Å². The van der Waals surface area contributed by atoms with Crippen LogP contribution in [0.1, 0.15) is 63.2 Å². The fourth-order valence-electron chi connectivity index (χ4n) is 3.61. The van der Waals surface area contributed by atoms with Gasteiger partial charge in [0.15, 0.2) is 0 Å². The van der Waals surface area contributed by atoms with Gasteiger partial charge in [-0.3, -0.25) is 0 Å². The summed E-state index contributed by atoms with van der Waals surface area (Å²) >= 11 is 0. The van der Waals surface area contributed by atoms with E-state index in [9.17, 15) is 4.79 Å². The molecule has 0 bridgehead atoms. The van der Waals surface area contributed by atoms with Crippen LogP contribution in [0, 0.1) is 0 Å². The molecule has 174 valence electrons. The molecule has 0 aliphatic heterocycles. The van der Waals surface area contributed by atoms with Crippen molar-refractivity contribution in [2.45, 2.75) is 59.0 Å². The van der Waals surface area contributed by atoms with Crippen molar-refractivity contribution in [2.24, 2.45) is 0 Å². The molecule has 3 aromatic rings. The number of ether oxygens (including phenoxy) is 3. The zero-order valence-corrected chi connectivity index (χ0v) is 19.9. The van der Waals surface area contributed by atoms with Crippen molar-refractivity contribution in [2.75, 3.05) is 6.61 Å². The van der Waals surface area contributed by atoms with E-state index in [2.05, 4.69) is 13.8 Å². The summed E-state index contributed by atoms with van der Waals surface area (Å²) in [5.41, 5.74) is 2.61. The molecule has 0 aliphatic rings. The van der Waals surface area contributed by atoms with Crippen LogP contribution in [0.5, 0.6) is 17.2 Å². The lowest BCUT2D eigenvalue weighted by Gasteiger charge is -2.15. The Kier molecular flexibility index (Phi) is 9.37. The van der Waals surface area contributed by atoms with Gasteiger partial charge in [0, 0.05) is 0 Å². The van der Waals surface area contributed by atoms with Crippen molar-refractivity contribution < 1.29 is 19.0 Å². The molecule has 3 rings (SSSR count). The standard InChI is InChI=1S/C29H34O4/c1-4-6-7-8-9-22(3)32-27-16-14-24(15-17-27)23-10-12-25(13-11-23)29(30)33-28-20-18-26(19-21-28)31-5-2/h10-22H,4-9H2,1-3H3/t22-/m1/s1. The Hall–Kier alpha value is -3.27. The molecule has 33 heavy (non-hydrogen) atoms. The van der Waals surface area contributed by atoms with E-state index in [-0.39, 0.29) is 12.1 Å². The Balaban J connectivity index is 1.54. The molecule has 0 heterocycles. The number of hydrogen-bond acceptors (Lipinski definition) is 4. The maximum absolute atomic E-state index is 12.5. The Bertz CT molecular complexity index is 976. The number of unbranched alkanes of at least 4 members (excludes halogenated alkanes) is 3. The molecule has 0 saturated carbocycles. The molecule has 0 spiro atoms. The molecule has 0 fully saturated rings. The van der Waals surface area contributed by atoms with Crippen molar-refractivity contribution in [3.05, 3.63) is 78.4 Å². The first-order valence-electron chi connectivity index (χ1n) is 11.9. The minimum absolute atomic E-state index is 0.216. The van der Waals surface area contributed by atoms with Crippen molar-refractivity contribution in [3.8, 4) is 28.4 Å². The molecule has 4 heteroatoms. The van der Waals surface area contributed by atoms with Gasteiger partial charge in [-0.2, -0.15) is 0 Å². The molecule has 3 aromatic carbocycles. The highest BCUT2D eigenvalue weighted by molar-refractivity contribution is 5.91. The van der Waals surface area contributed by atoms with E-state index in [1.807, 2.05) is 43.3 Å². The third-order valence-corrected chi connectivity index (χ3v) is 5.46. The Morgan fingerprint density at radius 1 is 0.727 bits per heavy atom. The molecule has 0 aromatic heterocycles. The van der Waals surface area contributed by atoms with Gasteiger partial charge in [0.1, 0.15) is 17.2 Å². The van der Waals surface area contributed by atoms with Crippen LogP contribution in [0.25, 0.3) is 11.1 Å². The topological polar surface area (TPSA) is 44.8 Å². The maximum atomic E-state index is 12.5. The Morgan fingerprint density at radius 3 is 1.91 bits per heavy atom. The fourth-order valence-corrected chi connectivity index (χ4v) is 3.61. The Morgan fingerprint density at radius 2 is 1.30 bits per heavy atom. The van der Waals surface area contributed by atoms with Crippen molar-refractivity contribution in [1.82, 2.24) is 0 Å². The molecular weight excluding hydrogens is 412 g/mol. The average molecular weight is 447 g/mol. The summed E-state index contributed by atoms with van der Waals surface area (Å²) in [7, 11) is 0. The lowest BCUT2D eigenvalue weighted by atomic mass is 10.0. The van der Waals surface area contributed by atoms with E-state index in [0.717, 1.165) is 29.0 Å². The van der Waals surface area contributed by atoms with Gasteiger partial charge in [0.05, 0.1) is 18.3 Å². The van der Waals surface area contributed by atoms with E-state index in [1.165, 1.54) is 25.7 Å². The van der Waals surface area contributed by atoms with Crippen LogP contribution < -0.4 is 14.2 Å². The van der Waals surface area contributed by atoms with Gasteiger partial charge in [0.2, 0.25) is 0 Å². The lowest BCUT2D eigenvalue weighted by Crippen LogP contribution is -2.11. The third-order valence-electron chi connectivity index (χ3n) is 5.46. The van der Waals surface area contributed by atoms with Crippen LogP contribution in [0.15, 0.2) is 72.8 Å². The van der Waals surface area contributed by atoms with Gasteiger partial charge in [-0.15, -0.1) is 0 Å². The highest BCUT2D eigenvalue weighted by atomic mass is 16.5. The molecule has 1 atom stereocenters. The largest absolute Gasteiger partial charge is 0.494 e. The minimum Gasteiger partial charge on any atom is -0.494 e. The summed E-state index contributed by atoms with van der Waals surface area (Å²) in [6.45, 7) is 6.88. The van der Waals surface area contributed by atoms with Crippen LogP contribution in [0.3, 0.4) is 0 Å². The van der Waals surface area contributed by atoms with Crippen LogP contribution in [0.4, 0.5) is 0 Å². The zero-order chi connectivity index (χ0) is 23.5. The van der Waals surface area contributed by atoms with Gasteiger partial charge in [-0.25, -0.2) is 4.79 Å². The average Bonchev–Trinajstić information content (AvgIpc) is 2.84. The van der Waals surface area contributed by atoms with E-state index in [4.69, 9.17) is 14.2 Å². The summed E-state index contributed by atoms with van der Waals surface area (Å²) in [5.74, 6) is 1.74. The number of esters is 1. The van der Waals surface area contributed by atoms with Gasteiger partial charge in [0.25, 0.3) is 0 Å². The predicted molar refractivity (Wildman–Crippen MR) is 133 cm³/mol. The predicted octanol–water partition coefficient (Wildman–Crippen LogP) is 7.71. The smallest absolute Gasteiger partial charge is 0.343 e.